The number of nitrogens with two attached hydrogens (primary N) is 1. The van der Waals surface area contributed by atoms with E-state index in [1.165, 1.54) is 11.1 Å². The molecule has 4 nitrogen and oxygen atoms in total. The monoisotopic (exact) mass is 245 g/mol. The van der Waals surface area contributed by atoms with Gasteiger partial charge in [-0.1, -0.05) is 6.07 Å². The summed E-state index contributed by atoms with van der Waals surface area (Å²) in [7, 11) is 1.68. The first kappa shape index (κ1) is 12.6. The van der Waals surface area contributed by atoms with E-state index in [9.17, 15) is 0 Å². The average Bonchev–Trinajstić information content (AvgIpc) is 2.88. The van der Waals surface area contributed by atoms with Gasteiger partial charge in [0, 0.05) is 24.5 Å². The Morgan fingerprint density at radius 1 is 1.33 bits per heavy atom. The summed E-state index contributed by atoms with van der Waals surface area (Å²) in [6.07, 6.45) is 3.55. The van der Waals surface area contributed by atoms with Gasteiger partial charge >= 0.3 is 0 Å². The van der Waals surface area contributed by atoms with E-state index in [1.807, 2.05) is 6.20 Å². The van der Waals surface area contributed by atoms with Crippen molar-refractivity contribution in [2.45, 2.75) is 19.8 Å². The lowest BCUT2D eigenvalue weighted by Crippen LogP contribution is -2.16. The van der Waals surface area contributed by atoms with Crippen LogP contribution in [0.25, 0.3) is 0 Å². The number of nitrogens with zero attached hydrogens (tertiary/aromatic N) is 1. The predicted octanol–water partition coefficient (Wildman–Crippen LogP) is 2.13. The SMILES string of the molecule is COc1cc(C)c(C)cc1C(CN)c1ncc[nH]1. The molecule has 0 aliphatic rings. The number of ether oxygens (including phenoxy) is 1. The number of nitrogens with one attached hydrogen (secondary N) is 1. The summed E-state index contributed by atoms with van der Waals surface area (Å²) in [5.74, 6) is 1.78. The Morgan fingerprint density at radius 3 is 2.61 bits per heavy atom. The molecule has 96 valence electrons. The molecule has 1 aromatic carbocycles. The van der Waals surface area contributed by atoms with E-state index in [0.717, 1.165) is 17.1 Å². The van der Waals surface area contributed by atoms with E-state index < -0.39 is 0 Å². The van der Waals surface area contributed by atoms with Crippen molar-refractivity contribution in [3.63, 3.8) is 0 Å². The highest BCUT2D eigenvalue weighted by molar-refractivity contribution is 5.45. The van der Waals surface area contributed by atoms with Crippen LogP contribution >= 0.6 is 0 Å². The third-order valence-electron chi connectivity index (χ3n) is 3.31. The minimum atomic E-state index is 0.0363. The molecule has 3 N–H and O–H groups in total. The molecular weight excluding hydrogens is 226 g/mol. The van der Waals surface area contributed by atoms with Crippen LogP contribution in [0.15, 0.2) is 24.5 Å². The van der Waals surface area contributed by atoms with E-state index in [4.69, 9.17) is 10.5 Å². The molecule has 0 saturated carbocycles. The summed E-state index contributed by atoms with van der Waals surface area (Å²) in [4.78, 5) is 7.43. The molecule has 0 bridgehead atoms. The number of aromatic nitrogens is 2. The number of H-pyrrole nitrogens is 1. The molecule has 0 amide bonds. The topological polar surface area (TPSA) is 63.9 Å². The summed E-state index contributed by atoms with van der Waals surface area (Å²) in [5.41, 5.74) is 9.42. The Labute approximate surface area is 107 Å². The second-order valence-electron chi connectivity index (χ2n) is 4.44. The Morgan fingerprint density at radius 2 is 2.06 bits per heavy atom. The molecule has 0 radical (unpaired) electrons. The van der Waals surface area contributed by atoms with E-state index in [2.05, 4.69) is 35.9 Å². The Balaban J connectivity index is 2.51. The largest absolute Gasteiger partial charge is 0.496 e. The van der Waals surface area contributed by atoms with Crippen LogP contribution in [0.2, 0.25) is 0 Å². The number of hydrogen-bond donors (Lipinski definition) is 2. The van der Waals surface area contributed by atoms with Gasteiger partial charge < -0.3 is 15.5 Å². The highest BCUT2D eigenvalue weighted by atomic mass is 16.5. The van der Waals surface area contributed by atoms with Gasteiger partial charge in [0.25, 0.3) is 0 Å². The number of hydrogen-bond acceptors (Lipinski definition) is 3. The van der Waals surface area contributed by atoms with Crippen molar-refractivity contribution in [2.75, 3.05) is 13.7 Å². The number of methoxy groups -OCH3 is 1. The van der Waals surface area contributed by atoms with Gasteiger partial charge in [0.15, 0.2) is 0 Å². The lowest BCUT2D eigenvalue weighted by Gasteiger charge is -2.18. The first-order chi connectivity index (χ1) is 8.67. The molecule has 0 spiro atoms. The van der Waals surface area contributed by atoms with E-state index in [-0.39, 0.29) is 5.92 Å². The minimum Gasteiger partial charge on any atom is -0.496 e. The Bertz CT molecular complexity index is 520. The van der Waals surface area contributed by atoms with Gasteiger partial charge in [-0.05, 0) is 31.0 Å². The maximum absolute atomic E-state index is 5.89. The zero-order chi connectivity index (χ0) is 13.1. The smallest absolute Gasteiger partial charge is 0.123 e. The summed E-state index contributed by atoms with van der Waals surface area (Å²) in [5, 5.41) is 0. The maximum Gasteiger partial charge on any atom is 0.123 e. The van der Waals surface area contributed by atoms with Gasteiger partial charge in [-0.25, -0.2) is 4.98 Å². The molecule has 0 saturated heterocycles. The zero-order valence-electron chi connectivity index (χ0n) is 11.0. The van der Waals surface area contributed by atoms with Crippen LogP contribution in [0.4, 0.5) is 0 Å². The molecular formula is C14H19N3O. The van der Waals surface area contributed by atoms with Crippen molar-refractivity contribution in [1.29, 1.82) is 0 Å². The van der Waals surface area contributed by atoms with Crippen LogP contribution in [0, 0.1) is 13.8 Å². The first-order valence-electron chi connectivity index (χ1n) is 6.01. The third-order valence-corrected chi connectivity index (χ3v) is 3.31. The van der Waals surface area contributed by atoms with Crippen LogP contribution in [0.3, 0.4) is 0 Å². The molecule has 0 aliphatic carbocycles. The van der Waals surface area contributed by atoms with Crippen molar-refractivity contribution in [2.24, 2.45) is 5.73 Å². The van der Waals surface area contributed by atoms with Crippen LogP contribution in [-0.4, -0.2) is 23.6 Å². The lowest BCUT2D eigenvalue weighted by molar-refractivity contribution is 0.406. The Hall–Kier alpha value is -1.81. The van der Waals surface area contributed by atoms with Crippen molar-refractivity contribution in [1.82, 2.24) is 9.97 Å². The van der Waals surface area contributed by atoms with Gasteiger partial charge in [-0.3, -0.25) is 0 Å². The molecule has 0 aliphatic heterocycles. The second-order valence-corrected chi connectivity index (χ2v) is 4.44. The van der Waals surface area contributed by atoms with Gasteiger partial charge in [0.2, 0.25) is 0 Å². The van der Waals surface area contributed by atoms with Crippen LogP contribution in [-0.2, 0) is 0 Å². The second kappa shape index (κ2) is 5.23. The van der Waals surface area contributed by atoms with Crippen molar-refractivity contribution < 1.29 is 4.74 Å². The van der Waals surface area contributed by atoms with Crippen LogP contribution in [0.5, 0.6) is 5.75 Å². The van der Waals surface area contributed by atoms with E-state index in [0.29, 0.717) is 6.54 Å². The first-order valence-corrected chi connectivity index (χ1v) is 6.01. The highest BCUT2D eigenvalue weighted by Crippen LogP contribution is 2.32. The number of imidazole rings is 1. The Kier molecular flexibility index (Phi) is 3.67. The summed E-state index contributed by atoms with van der Waals surface area (Å²) in [6, 6.07) is 4.19. The minimum absolute atomic E-state index is 0.0363. The molecule has 1 atom stereocenters. The van der Waals surface area contributed by atoms with E-state index in [1.54, 1.807) is 13.3 Å². The molecule has 0 fully saturated rings. The van der Waals surface area contributed by atoms with Crippen molar-refractivity contribution >= 4 is 0 Å². The van der Waals surface area contributed by atoms with Crippen molar-refractivity contribution in [3.05, 3.63) is 47.0 Å². The van der Waals surface area contributed by atoms with Crippen molar-refractivity contribution in [3.8, 4) is 5.75 Å². The van der Waals surface area contributed by atoms with Gasteiger partial charge in [-0.2, -0.15) is 0 Å². The van der Waals surface area contributed by atoms with Crippen LogP contribution < -0.4 is 10.5 Å². The molecule has 2 rings (SSSR count). The van der Waals surface area contributed by atoms with E-state index >= 15 is 0 Å². The maximum atomic E-state index is 5.89. The molecule has 4 heteroatoms. The molecule has 18 heavy (non-hydrogen) atoms. The summed E-state index contributed by atoms with van der Waals surface area (Å²) < 4.78 is 5.46. The zero-order valence-corrected chi connectivity index (χ0v) is 11.0. The third kappa shape index (κ3) is 2.24. The predicted molar refractivity (Wildman–Crippen MR) is 72.0 cm³/mol. The standard InChI is InChI=1S/C14H19N3O/c1-9-6-11(13(18-3)7-10(9)2)12(8-15)14-16-4-5-17-14/h4-7,12H,8,15H2,1-3H3,(H,16,17). The highest BCUT2D eigenvalue weighted by Gasteiger charge is 2.19. The fourth-order valence-electron chi connectivity index (χ4n) is 2.12. The average molecular weight is 245 g/mol. The summed E-state index contributed by atoms with van der Waals surface area (Å²) >= 11 is 0. The number of benzene rings is 1. The molecule has 1 unspecified atom stereocenters. The van der Waals surface area contributed by atoms with Gasteiger partial charge in [0.1, 0.15) is 11.6 Å². The summed E-state index contributed by atoms with van der Waals surface area (Å²) in [6.45, 7) is 4.66. The fraction of sp³-hybridized carbons (Fsp3) is 0.357. The lowest BCUT2D eigenvalue weighted by atomic mass is 9.94. The van der Waals surface area contributed by atoms with Crippen LogP contribution in [0.1, 0.15) is 28.4 Å². The number of aromatic amines is 1. The molecule has 1 aromatic heterocycles. The normalized spacial score (nSPS) is 12.4. The van der Waals surface area contributed by atoms with Gasteiger partial charge in [-0.15, -0.1) is 0 Å². The van der Waals surface area contributed by atoms with Gasteiger partial charge in [0.05, 0.1) is 13.0 Å². The quantitative estimate of drug-likeness (QED) is 0.867. The fourth-order valence-corrected chi connectivity index (χ4v) is 2.12. The molecule has 2 aromatic rings. The number of rotatable bonds is 4. The molecule has 1 heterocycles. The number of aryl methyl sites for hydroxylation is 2.